The Balaban J connectivity index is 1.59. The number of halogens is 1. The molecule has 2 aromatic carbocycles. The van der Waals surface area contributed by atoms with Crippen molar-refractivity contribution in [3.05, 3.63) is 53.0 Å². The zero-order chi connectivity index (χ0) is 19.2. The summed E-state index contributed by atoms with van der Waals surface area (Å²) in [6, 6.07) is 15.0. The summed E-state index contributed by atoms with van der Waals surface area (Å²) in [4.78, 5) is 12.4. The van der Waals surface area contributed by atoms with E-state index < -0.39 is 0 Å². The van der Waals surface area contributed by atoms with Crippen molar-refractivity contribution in [2.24, 2.45) is 0 Å². The van der Waals surface area contributed by atoms with Crippen LogP contribution in [0.3, 0.4) is 0 Å². The molecule has 0 radical (unpaired) electrons. The van der Waals surface area contributed by atoms with Crippen molar-refractivity contribution in [3.8, 4) is 5.75 Å². The summed E-state index contributed by atoms with van der Waals surface area (Å²) in [6.45, 7) is 1.84. The second kappa shape index (κ2) is 9.20. The number of nitrogens with zero attached hydrogens (tertiary/aromatic N) is 2. The van der Waals surface area contributed by atoms with E-state index in [9.17, 15) is 4.79 Å². The van der Waals surface area contributed by atoms with Crippen LogP contribution in [0.15, 0.2) is 57.3 Å². The third-order valence-electron chi connectivity index (χ3n) is 3.51. The molecule has 0 aliphatic carbocycles. The third-order valence-corrected chi connectivity index (χ3v) is 6.07. The van der Waals surface area contributed by atoms with Crippen LogP contribution in [0.2, 0.25) is 0 Å². The molecule has 0 aliphatic rings. The Labute approximate surface area is 173 Å². The standard InChI is InChI=1S/C18H17BrN4O2S2/c1-11(16(24)20-13-9-7-12(19)8-10-13)26-18-23-22-17(27-18)21-14-5-3-4-6-15(14)25-2/h3-11H,1-2H3,(H,20,24)(H,21,22). The smallest absolute Gasteiger partial charge is 0.237 e. The van der Waals surface area contributed by atoms with Crippen molar-refractivity contribution >= 4 is 61.4 Å². The van der Waals surface area contributed by atoms with Gasteiger partial charge in [0.05, 0.1) is 18.0 Å². The second-order valence-electron chi connectivity index (χ2n) is 5.45. The molecular weight excluding hydrogens is 448 g/mol. The van der Waals surface area contributed by atoms with Gasteiger partial charge in [-0.1, -0.05) is 51.2 Å². The summed E-state index contributed by atoms with van der Waals surface area (Å²) >= 11 is 6.13. The minimum Gasteiger partial charge on any atom is -0.495 e. The van der Waals surface area contributed by atoms with Crippen LogP contribution in [0.25, 0.3) is 0 Å². The van der Waals surface area contributed by atoms with Crippen molar-refractivity contribution in [2.45, 2.75) is 16.5 Å². The molecule has 9 heteroatoms. The number of methoxy groups -OCH3 is 1. The number of ether oxygens (including phenoxy) is 1. The van der Waals surface area contributed by atoms with Gasteiger partial charge < -0.3 is 15.4 Å². The molecule has 2 N–H and O–H groups in total. The Morgan fingerprint density at radius 3 is 2.67 bits per heavy atom. The van der Waals surface area contributed by atoms with Gasteiger partial charge in [-0.3, -0.25) is 4.79 Å². The van der Waals surface area contributed by atoms with Crippen molar-refractivity contribution in [2.75, 3.05) is 17.7 Å². The van der Waals surface area contributed by atoms with E-state index in [1.807, 2.05) is 55.5 Å². The van der Waals surface area contributed by atoms with E-state index in [1.165, 1.54) is 23.1 Å². The minimum absolute atomic E-state index is 0.0863. The van der Waals surface area contributed by atoms with E-state index >= 15 is 0 Å². The van der Waals surface area contributed by atoms with Crippen LogP contribution in [0.4, 0.5) is 16.5 Å². The summed E-state index contributed by atoms with van der Waals surface area (Å²) < 4.78 is 7.00. The molecule has 1 heterocycles. The topological polar surface area (TPSA) is 76.1 Å². The van der Waals surface area contributed by atoms with E-state index in [1.54, 1.807) is 7.11 Å². The number of rotatable bonds is 7. The number of nitrogens with one attached hydrogen (secondary N) is 2. The molecule has 1 unspecified atom stereocenters. The van der Waals surface area contributed by atoms with Gasteiger partial charge in [0.1, 0.15) is 5.75 Å². The van der Waals surface area contributed by atoms with Crippen molar-refractivity contribution in [1.82, 2.24) is 10.2 Å². The van der Waals surface area contributed by atoms with E-state index in [4.69, 9.17) is 4.74 Å². The fourth-order valence-electron chi connectivity index (χ4n) is 2.15. The fraction of sp³-hybridized carbons (Fsp3) is 0.167. The van der Waals surface area contributed by atoms with Gasteiger partial charge in [-0.15, -0.1) is 10.2 Å². The number of carbonyl (C=O) groups excluding carboxylic acids is 1. The van der Waals surface area contributed by atoms with Crippen LogP contribution in [-0.4, -0.2) is 28.5 Å². The number of amides is 1. The lowest BCUT2D eigenvalue weighted by Gasteiger charge is -2.10. The van der Waals surface area contributed by atoms with Crippen molar-refractivity contribution in [1.29, 1.82) is 0 Å². The molecule has 0 fully saturated rings. The van der Waals surface area contributed by atoms with Crippen LogP contribution in [-0.2, 0) is 4.79 Å². The molecule has 1 amide bonds. The van der Waals surface area contributed by atoms with Gasteiger partial charge in [-0.25, -0.2) is 0 Å². The number of hydrogen-bond donors (Lipinski definition) is 2. The van der Waals surface area contributed by atoms with E-state index in [2.05, 4.69) is 36.8 Å². The number of carbonyl (C=O) groups is 1. The average molecular weight is 465 g/mol. The molecule has 1 aromatic heterocycles. The van der Waals surface area contributed by atoms with Gasteiger partial charge in [0.25, 0.3) is 0 Å². The molecule has 27 heavy (non-hydrogen) atoms. The first-order valence-electron chi connectivity index (χ1n) is 8.02. The highest BCUT2D eigenvalue weighted by Crippen LogP contribution is 2.33. The van der Waals surface area contributed by atoms with Gasteiger partial charge in [0, 0.05) is 10.2 Å². The minimum atomic E-state index is -0.305. The first-order chi connectivity index (χ1) is 13.0. The lowest BCUT2D eigenvalue weighted by atomic mass is 10.3. The predicted molar refractivity (Wildman–Crippen MR) is 114 cm³/mol. The molecule has 0 saturated carbocycles. The highest BCUT2D eigenvalue weighted by molar-refractivity contribution is 9.10. The maximum atomic E-state index is 12.4. The summed E-state index contributed by atoms with van der Waals surface area (Å²) in [7, 11) is 1.62. The highest BCUT2D eigenvalue weighted by Gasteiger charge is 2.17. The lowest BCUT2D eigenvalue weighted by Crippen LogP contribution is -2.22. The molecule has 140 valence electrons. The van der Waals surface area contributed by atoms with Gasteiger partial charge in [0.2, 0.25) is 11.0 Å². The maximum Gasteiger partial charge on any atom is 0.237 e. The SMILES string of the molecule is COc1ccccc1Nc1nnc(SC(C)C(=O)Nc2ccc(Br)cc2)s1. The van der Waals surface area contributed by atoms with Crippen molar-refractivity contribution < 1.29 is 9.53 Å². The molecule has 3 aromatic rings. The molecule has 6 nitrogen and oxygen atoms in total. The van der Waals surface area contributed by atoms with E-state index in [-0.39, 0.29) is 11.2 Å². The van der Waals surface area contributed by atoms with Crippen LogP contribution >= 0.6 is 39.0 Å². The van der Waals surface area contributed by atoms with E-state index in [0.29, 0.717) is 9.47 Å². The molecule has 3 rings (SSSR count). The Bertz CT molecular complexity index is 918. The number of hydrogen-bond acceptors (Lipinski definition) is 7. The molecule has 0 saturated heterocycles. The second-order valence-corrected chi connectivity index (χ2v) is 8.94. The Morgan fingerprint density at radius 1 is 1.19 bits per heavy atom. The zero-order valence-electron chi connectivity index (χ0n) is 14.6. The number of thioether (sulfide) groups is 1. The Kier molecular flexibility index (Phi) is 6.70. The third kappa shape index (κ3) is 5.44. The number of benzene rings is 2. The van der Waals surface area contributed by atoms with Gasteiger partial charge >= 0.3 is 0 Å². The van der Waals surface area contributed by atoms with E-state index in [0.717, 1.165) is 21.6 Å². The maximum absolute atomic E-state index is 12.4. The Morgan fingerprint density at radius 2 is 1.93 bits per heavy atom. The van der Waals surface area contributed by atoms with Crippen LogP contribution in [0.5, 0.6) is 5.75 Å². The largest absolute Gasteiger partial charge is 0.495 e. The molecule has 0 spiro atoms. The fourth-order valence-corrected chi connectivity index (χ4v) is 4.33. The average Bonchev–Trinajstić information content (AvgIpc) is 3.10. The van der Waals surface area contributed by atoms with Crippen LogP contribution in [0, 0.1) is 0 Å². The number of aromatic nitrogens is 2. The van der Waals surface area contributed by atoms with Crippen LogP contribution < -0.4 is 15.4 Å². The molecule has 0 aliphatic heterocycles. The molecular formula is C18H17BrN4O2S2. The summed E-state index contributed by atoms with van der Waals surface area (Å²) in [6.07, 6.45) is 0. The van der Waals surface area contributed by atoms with Gasteiger partial charge in [-0.2, -0.15) is 0 Å². The number of para-hydroxylation sites is 2. The van der Waals surface area contributed by atoms with Crippen LogP contribution in [0.1, 0.15) is 6.92 Å². The summed E-state index contributed by atoms with van der Waals surface area (Å²) in [5, 5.41) is 14.7. The number of anilines is 3. The predicted octanol–water partition coefficient (Wildman–Crippen LogP) is 5.17. The summed E-state index contributed by atoms with van der Waals surface area (Å²) in [5.41, 5.74) is 1.57. The molecule has 1 atom stereocenters. The van der Waals surface area contributed by atoms with Crippen molar-refractivity contribution in [3.63, 3.8) is 0 Å². The summed E-state index contributed by atoms with van der Waals surface area (Å²) in [5.74, 6) is 0.640. The highest BCUT2D eigenvalue weighted by atomic mass is 79.9. The first-order valence-corrected chi connectivity index (χ1v) is 10.5. The normalized spacial score (nSPS) is 11.7. The quantitative estimate of drug-likeness (QED) is 0.469. The van der Waals surface area contributed by atoms with Gasteiger partial charge in [-0.05, 0) is 43.3 Å². The van der Waals surface area contributed by atoms with Gasteiger partial charge in [0.15, 0.2) is 4.34 Å². The zero-order valence-corrected chi connectivity index (χ0v) is 17.8. The Hall–Kier alpha value is -2.10. The molecule has 0 bridgehead atoms. The monoisotopic (exact) mass is 464 g/mol. The first kappa shape index (κ1) is 19.7. The lowest BCUT2D eigenvalue weighted by molar-refractivity contribution is -0.115.